The summed E-state index contributed by atoms with van der Waals surface area (Å²) in [7, 11) is 0. The Bertz CT molecular complexity index is 6240. The minimum Gasteiger partial charge on any atom is -0.434 e. The maximum Gasteiger partial charge on any atom is 0.292 e. The van der Waals surface area contributed by atoms with Gasteiger partial charge in [0.05, 0.1) is 22.3 Å². The molecule has 8 heteroatoms. The fourth-order valence-electron chi connectivity index (χ4n) is 19.1. The van der Waals surface area contributed by atoms with E-state index in [9.17, 15) is 0 Å². The molecule has 8 heterocycles. The van der Waals surface area contributed by atoms with E-state index in [2.05, 4.69) is 317 Å². The highest BCUT2D eigenvalue weighted by atomic mass is 16.5. The molecule has 0 radical (unpaired) electrons. The lowest BCUT2D eigenvalue weighted by atomic mass is 9.80. The van der Waals surface area contributed by atoms with Crippen LogP contribution >= 0.6 is 0 Å². The average Bonchev–Trinajstić information content (AvgIpc) is 1.55. The maximum absolute atomic E-state index is 6.37. The van der Waals surface area contributed by atoms with Crippen LogP contribution in [-0.2, 0) is 48.6 Å². The Morgan fingerprint density at radius 3 is 0.940 bits per heavy atom. The topological polar surface area (TPSA) is 52.4 Å². The average molecular weight is 1300 g/mol. The van der Waals surface area contributed by atoms with Gasteiger partial charge in [0.1, 0.15) is 23.0 Å². The van der Waals surface area contributed by atoms with E-state index in [-0.39, 0.29) is 21.7 Å². The van der Waals surface area contributed by atoms with Gasteiger partial charge in [0.15, 0.2) is 24.8 Å². The summed E-state index contributed by atoms with van der Waals surface area (Å²) < 4.78 is 34.2. The lowest BCUT2D eigenvalue weighted by Gasteiger charge is -2.22. The zero-order valence-corrected chi connectivity index (χ0v) is 57.3. The summed E-state index contributed by atoms with van der Waals surface area (Å²) >= 11 is 0. The number of pyridine rings is 4. The van der Waals surface area contributed by atoms with Crippen LogP contribution in [0.4, 0.5) is 0 Å². The van der Waals surface area contributed by atoms with E-state index in [0.29, 0.717) is 26.9 Å². The van der Waals surface area contributed by atoms with Gasteiger partial charge in [-0.3, -0.25) is 0 Å². The third kappa shape index (κ3) is 7.65. The molecule has 0 saturated carbocycles. The zero-order valence-electron chi connectivity index (χ0n) is 57.3. The minimum absolute atomic E-state index is 0.0279. The van der Waals surface area contributed by atoms with Crippen molar-refractivity contribution < 1.29 is 37.2 Å². The molecule has 480 valence electrons. The molecule has 4 aliphatic carbocycles. The van der Waals surface area contributed by atoms with E-state index in [0.717, 1.165) is 23.0 Å². The molecule has 0 amide bonds. The third-order valence-corrected chi connectivity index (χ3v) is 23.8. The second kappa shape index (κ2) is 20.1. The van der Waals surface area contributed by atoms with Gasteiger partial charge in [0.2, 0.25) is 22.8 Å². The summed E-state index contributed by atoms with van der Waals surface area (Å²) in [5, 5.41) is 20.4. The van der Waals surface area contributed by atoms with Gasteiger partial charge in [0, 0.05) is 87.7 Å². The molecule has 0 N–H and O–H groups in total. The van der Waals surface area contributed by atoms with Gasteiger partial charge in [-0.1, -0.05) is 213 Å². The Morgan fingerprint density at radius 1 is 0.240 bits per heavy atom. The van der Waals surface area contributed by atoms with Gasteiger partial charge >= 0.3 is 0 Å². The van der Waals surface area contributed by atoms with Crippen LogP contribution in [0.2, 0.25) is 0 Å². The number of fused-ring (bicyclic) bond motifs is 15. The van der Waals surface area contributed by atoms with E-state index in [1.807, 2.05) is 0 Å². The largest absolute Gasteiger partial charge is 0.434 e. The number of hydrogen-bond acceptors (Lipinski definition) is 4. The number of aromatic nitrogens is 4. The third-order valence-electron chi connectivity index (χ3n) is 23.8. The van der Waals surface area contributed by atoms with E-state index in [4.69, 9.17) is 18.9 Å². The van der Waals surface area contributed by atoms with Gasteiger partial charge < -0.3 is 18.9 Å². The van der Waals surface area contributed by atoms with Crippen LogP contribution < -0.4 is 37.2 Å². The molecule has 0 spiro atoms. The number of hydrogen-bond donors (Lipinski definition) is 0. The van der Waals surface area contributed by atoms with Crippen molar-refractivity contribution in [3.05, 3.63) is 288 Å². The Labute approximate surface area is 579 Å². The van der Waals surface area contributed by atoms with Crippen LogP contribution in [0.15, 0.2) is 243 Å². The van der Waals surface area contributed by atoms with Crippen LogP contribution in [0, 0.1) is 0 Å². The Hall–Kier alpha value is -11.5. The first-order valence-corrected chi connectivity index (χ1v) is 35.2. The monoisotopic (exact) mass is 1300 g/mol. The van der Waals surface area contributed by atoms with Crippen molar-refractivity contribution in [3.8, 4) is 68.0 Å². The van der Waals surface area contributed by atoms with Gasteiger partial charge in [-0.25, -0.2) is 0 Å². The molecule has 8 aliphatic rings. The molecule has 0 saturated heterocycles. The Balaban J connectivity index is 0.0000000878. The quantitative estimate of drug-likeness (QED) is 0.112. The van der Waals surface area contributed by atoms with Crippen molar-refractivity contribution in [3.63, 3.8) is 0 Å². The van der Waals surface area contributed by atoms with Crippen LogP contribution in [0.5, 0.6) is 23.0 Å². The van der Waals surface area contributed by atoms with E-state index >= 15 is 0 Å². The lowest BCUT2D eigenvalue weighted by molar-refractivity contribution is -0.717. The van der Waals surface area contributed by atoms with Gasteiger partial charge in [-0.2, -0.15) is 18.3 Å². The predicted molar refractivity (Wildman–Crippen MR) is 399 cm³/mol. The number of ether oxygens (including phenoxy) is 4. The van der Waals surface area contributed by atoms with Crippen molar-refractivity contribution in [2.75, 3.05) is 0 Å². The van der Waals surface area contributed by atoms with E-state index in [1.54, 1.807) is 0 Å². The molecular formula is C92H72N4O4+4. The number of nitrogens with zero attached hydrogens (tertiary/aromatic N) is 4. The lowest BCUT2D eigenvalue weighted by Crippen LogP contribution is -2.42. The number of benzene rings is 12. The van der Waals surface area contributed by atoms with E-state index in [1.165, 1.54) is 176 Å². The fourth-order valence-corrected chi connectivity index (χ4v) is 19.1. The van der Waals surface area contributed by atoms with Gasteiger partial charge in [-0.15, -0.1) is 0 Å². The predicted octanol–water partition coefficient (Wildman–Crippen LogP) is 19.7. The van der Waals surface area contributed by atoms with Crippen molar-refractivity contribution in [1.29, 1.82) is 0 Å². The van der Waals surface area contributed by atoms with Crippen molar-refractivity contribution >= 4 is 86.2 Å². The zero-order chi connectivity index (χ0) is 67.0. The van der Waals surface area contributed by atoms with Crippen LogP contribution in [0.25, 0.3) is 131 Å². The number of rotatable bonds is 0. The van der Waals surface area contributed by atoms with Crippen molar-refractivity contribution in [2.24, 2.45) is 0 Å². The molecule has 100 heavy (non-hydrogen) atoms. The standard InChI is InChI=1S/C27H20NO.2C23H18NO.C19H16NO/c1-27(2)22-13-18-9-5-6-10-20(18)26-23(22)25-24(27)21-12-17-8-4-3-7-16(17)11-19(21)14-28(25)15-29-26;2*1-23(2)18-11-14-7-3-6-10-17(14)22-19(18)21-20(23)16-9-5-4-8-15(16)12-24(21)13-25-22;1-19(2)14-8-5-9-20-11-21-18-13-7-4-3-6-12(13)10-15(19)16(18)17(14)20/h3-14H,15H2,1-2H3;2*3-12H,13H2,1-2H3;3-10H,11H2,1-2H3/q4*+1. The summed E-state index contributed by atoms with van der Waals surface area (Å²) in [6.07, 6.45) is 8.85. The summed E-state index contributed by atoms with van der Waals surface area (Å²) in [6, 6.07) is 78.8. The Morgan fingerprint density at radius 2 is 0.540 bits per heavy atom. The molecule has 16 aromatic rings. The molecule has 8 nitrogen and oxygen atoms in total. The molecule has 4 aromatic heterocycles. The highest BCUT2D eigenvalue weighted by Crippen LogP contribution is 2.60. The first-order chi connectivity index (χ1) is 48.6. The Kier molecular flexibility index (Phi) is 11.6. The highest BCUT2D eigenvalue weighted by Gasteiger charge is 2.52. The van der Waals surface area contributed by atoms with E-state index < -0.39 is 0 Å². The summed E-state index contributed by atoms with van der Waals surface area (Å²) in [4.78, 5) is 0. The second-order valence-electron chi connectivity index (χ2n) is 30.7. The van der Waals surface area contributed by atoms with Crippen molar-refractivity contribution in [2.45, 2.75) is 104 Å². The summed E-state index contributed by atoms with van der Waals surface area (Å²) in [6.45, 7) is 21.0. The van der Waals surface area contributed by atoms with Crippen LogP contribution in [0.3, 0.4) is 0 Å². The second-order valence-corrected chi connectivity index (χ2v) is 30.7. The SMILES string of the molecule is CC1(C)c2cc3ccccc3c3c2-c2c1c1cc4ccccc4cc1c[n+]2CO3.CC1(C)c2cc3ccccc3c3c2-c2c1c1ccccc1c[n+]2CO3.CC1(C)c2cc3ccccc3c3c2-c2c1c1ccccc1c[n+]2CO3.CC1(C)c2cc3ccccc3c3c2-c2c1ccc[n+]2CO3. The molecular weight excluding hydrogens is 1230 g/mol. The maximum atomic E-state index is 6.37. The molecule has 24 rings (SSSR count). The molecule has 0 bridgehead atoms. The van der Waals surface area contributed by atoms with Gasteiger partial charge in [0.25, 0.3) is 26.9 Å². The molecule has 0 atom stereocenters. The molecule has 12 aromatic carbocycles. The van der Waals surface area contributed by atoms with Crippen molar-refractivity contribution in [1.82, 2.24) is 0 Å². The normalized spacial score (nSPS) is 16.1. The molecule has 0 unspecified atom stereocenters. The smallest absolute Gasteiger partial charge is 0.292 e. The highest BCUT2D eigenvalue weighted by molar-refractivity contribution is 6.08. The first-order valence-electron chi connectivity index (χ1n) is 35.2. The van der Waals surface area contributed by atoms with Crippen LogP contribution in [0.1, 0.15) is 99.9 Å². The minimum atomic E-state index is -0.0825. The van der Waals surface area contributed by atoms with Crippen LogP contribution in [-0.4, -0.2) is 0 Å². The summed E-state index contributed by atoms with van der Waals surface area (Å²) in [5.41, 5.74) is 21.6. The first kappa shape index (κ1) is 57.6. The van der Waals surface area contributed by atoms with Gasteiger partial charge in [-0.05, 0) is 125 Å². The molecule has 4 aliphatic heterocycles. The fraction of sp³-hybridized carbons (Fsp3) is 0.174. The molecule has 0 fully saturated rings. The summed E-state index contributed by atoms with van der Waals surface area (Å²) in [5.74, 6) is 4.21.